The third-order valence-corrected chi connectivity index (χ3v) is 2.70. The minimum Gasteiger partial charge on any atom is -0.481 e. The molecule has 1 N–H and O–H groups in total. The van der Waals surface area contributed by atoms with Crippen molar-refractivity contribution in [1.29, 1.82) is 0 Å². The Kier molecular flexibility index (Phi) is 13.7. The molecule has 1 aliphatic heterocycles. The summed E-state index contributed by atoms with van der Waals surface area (Å²) in [6.07, 6.45) is 4.23. The fraction of sp³-hybridized carbons (Fsp3) is 0.800. The van der Waals surface area contributed by atoms with Crippen molar-refractivity contribution in [1.82, 2.24) is 9.80 Å². The molecule has 0 saturated heterocycles. The first kappa shape index (κ1) is 20.7. The summed E-state index contributed by atoms with van der Waals surface area (Å²) in [5, 5.41) is 8.20. The van der Waals surface area contributed by atoms with Gasteiger partial charge >= 0.3 is 5.97 Å². The first-order chi connectivity index (χ1) is 10.6. The highest BCUT2D eigenvalue weighted by Gasteiger charge is 2.06. The van der Waals surface area contributed by atoms with Crippen molar-refractivity contribution < 1.29 is 24.1 Å². The molecule has 0 atom stereocenters. The predicted molar refractivity (Wildman–Crippen MR) is 84.5 cm³/mol. The highest BCUT2D eigenvalue weighted by atomic mass is 16.5. The standard InChI is InChI=1S/C8H16N2O.C7H14O4/c1-3-11-7-6-10-5-4-9(2)8-10;1-2-10-5-6-11-4-3-7(8)9/h4-5H,3,6-8H2,1-2H3;2-6H2,1H3,(H,8,9). The first-order valence-electron chi connectivity index (χ1n) is 7.67. The van der Waals surface area contributed by atoms with Crippen LogP contribution in [-0.4, -0.2) is 80.8 Å². The molecule has 130 valence electrons. The Morgan fingerprint density at radius 1 is 1.05 bits per heavy atom. The van der Waals surface area contributed by atoms with E-state index >= 15 is 0 Å². The summed E-state index contributed by atoms with van der Waals surface area (Å²) in [6, 6.07) is 0. The summed E-state index contributed by atoms with van der Waals surface area (Å²) in [5.74, 6) is -0.832. The number of carboxylic acid groups (broad SMARTS) is 1. The predicted octanol–water partition coefficient (Wildman–Crippen LogP) is 1.21. The van der Waals surface area contributed by atoms with Gasteiger partial charge in [0.1, 0.15) is 0 Å². The van der Waals surface area contributed by atoms with E-state index in [1.54, 1.807) is 0 Å². The smallest absolute Gasteiger partial charge is 0.305 e. The highest BCUT2D eigenvalue weighted by molar-refractivity contribution is 5.66. The topological polar surface area (TPSA) is 71.5 Å². The van der Waals surface area contributed by atoms with Gasteiger partial charge in [-0.1, -0.05) is 0 Å². The van der Waals surface area contributed by atoms with E-state index in [1.807, 2.05) is 13.8 Å². The maximum absolute atomic E-state index is 9.98. The SMILES string of the molecule is CCOCCN1C=CN(C)C1.CCOCCOCCC(=O)O. The van der Waals surface area contributed by atoms with Crippen LogP contribution in [0.1, 0.15) is 20.3 Å². The Balaban J connectivity index is 0.000000401. The highest BCUT2D eigenvalue weighted by Crippen LogP contribution is 2.02. The molecule has 0 fully saturated rings. The van der Waals surface area contributed by atoms with Crippen LogP contribution in [-0.2, 0) is 19.0 Å². The minimum absolute atomic E-state index is 0.0616. The van der Waals surface area contributed by atoms with E-state index in [1.165, 1.54) is 0 Å². The van der Waals surface area contributed by atoms with E-state index in [-0.39, 0.29) is 13.0 Å². The van der Waals surface area contributed by atoms with Crippen molar-refractivity contribution in [2.24, 2.45) is 0 Å². The summed E-state index contributed by atoms with van der Waals surface area (Å²) < 4.78 is 15.1. The summed E-state index contributed by atoms with van der Waals surface area (Å²) in [5.41, 5.74) is 0. The van der Waals surface area contributed by atoms with Gasteiger partial charge in [0.2, 0.25) is 0 Å². The molecule has 1 heterocycles. The molecule has 0 amide bonds. The zero-order chi connectivity index (χ0) is 16.6. The molecule has 22 heavy (non-hydrogen) atoms. The fourth-order valence-electron chi connectivity index (χ4n) is 1.58. The Morgan fingerprint density at radius 3 is 2.23 bits per heavy atom. The van der Waals surface area contributed by atoms with Crippen LogP contribution >= 0.6 is 0 Å². The summed E-state index contributed by atoms with van der Waals surface area (Å²) in [4.78, 5) is 14.4. The van der Waals surface area contributed by atoms with Crippen LogP contribution in [0, 0.1) is 0 Å². The number of carboxylic acids is 1. The van der Waals surface area contributed by atoms with Gasteiger partial charge in [0.05, 0.1) is 39.5 Å². The second-order valence-electron chi connectivity index (χ2n) is 4.66. The van der Waals surface area contributed by atoms with Gasteiger partial charge < -0.3 is 29.1 Å². The monoisotopic (exact) mass is 318 g/mol. The largest absolute Gasteiger partial charge is 0.481 e. The lowest BCUT2D eigenvalue weighted by molar-refractivity contribution is -0.138. The third kappa shape index (κ3) is 13.7. The fourth-order valence-corrected chi connectivity index (χ4v) is 1.58. The Labute approximate surface area is 133 Å². The number of hydrogen-bond donors (Lipinski definition) is 1. The number of ether oxygens (including phenoxy) is 3. The quantitative estimate of drug-likeness (QED) is 0.574. The second kappa shape index (κ2) is 14.6. The number of rotatable bonds is 11. The summed E-state index contributed by atoms with van der Waals surface area (Å²) in [7, 11) is 2.07. The van der Waals surface area contributed by atoms with E-state index in [0.29, 0.717) is 19.8 Å². The lowest BCUT2D eigenvalue weighted by Gasteiger charge is -2.17. The van der Waals surface area contributed by atoms with E-state index in [4.69, 9.17) is 19.3 Å². The average Bonchev–Trinajstić information content (AvgIpc) is 2.89. The Bertz CT molecular complexity index is 300. The molecule has 0 aromatic heterocycles. The maximum Gasteiger partial charge on any atom is 0.305 e. The van der Waals surface area contributed by atoms with Crippen LogP contribution < -0.4 is 0 Å². The van der Waals surface area contributed by atoms with E-state index in [2.05, 4.69) is 29.2 Å². The van der Waals surface area contributed by atoms with E-state index in [0.717, 1.165) is 26.4 Å². The zero-order valence-corrected chi connectivity index (χ0v) is 14.0. The molecule has 0 radical (unpaired) electrons. The number of nitrogens with zero attached hydrogens (tertiary/aromatic N) is 2. The maximum atomic E-state index is 9.98. The molecule has 0 aromatic rings. The normalized spacial score (nSPS) is 13.2. The van der Waals surface area contributed by atoms with Crippen molar-refractivity contribution in [2.75, 3.05) is 59.9 Å². The van der Waals surface area contributed by atoms with Gasteiger partial charge in [-0.15, -0.1) is 0 Å². The van der Waals surface area contributed by atoms with Crippen molar-refractivity contribution in [2.45, 2.75) is 20.3 Å². The molecular weight excluding hydrogens is 288 g/mol. The second-order valence-corrected chi connectivity index (χ2v) is 4.66. The van der Waals surface area contributed by atoms with Crippen LogP contribution in [0.4, 0.5) is 0 Å². The van der Waals surface area contributed by atoms with Crippen LogP contribution in [0.5, 0.6) is 0 Å². The van der Waals surface area contributed by atoms with Crippen LogP contribution in [0.3, 0.4) is 0 Å². The minimum atomic E-state index is -0.832. The molecular formula is C15H30N2O5. The summed E-state index contributed by atoms with van der Waals surface area (Å²) in [6.45, 7) is 9.49. The molecule has 0 bridgehead atoms. The van der Waals surface area contributed by atoms with Crippen molar-refractivity contribution >= 4 is 5.97 Å². The number of hydrogen-bond acceptors (Lipinski definition) is 6. The molecule has 1 rings (SSSR count). The van der Waals surface area contributed by atoms with Crippen LogP contribution in [0.25, 0.3) is 0 Å². The van der Waals surface area contributed by atoms with Gasteiger partial charge in [-0.3, -0.25) is 4.79 Å². The summed E-state index contributed by atoms with van der Waals surface area (Å²) >= 11 is 0. The van der Waals surface area contributed by atoms with Crippen molar-refractivity contribution in [3.05, 3.63) is 12.4 Å². The third-order valence-electron chi connectivity index (χ3n) is 2.70. The Hall–Kier alpha value is -1.31. The van der Waals surface area contributed by atoms with Gasteiger partial charge in [-0.05, 0) is 13.8 Å². The van der Waals surface area contributed by atoms with Crippen LogP contribution in [0.15, 0.2) is 12.4 Å². The number of carbonyl (C=O) groups is 1. The van der Waals surface area contributed by atoms with Gasteiger partial charge in [0, 0.05) is 39.2 Å². The lowest BCUT2D eigenvalue weighted by atomic mass is 10.5. The molecule has 7 heteroatoms. The van der Waals surface area contributed by atoms with Crippen molar-refractivity contribution in [3.8, 4) is 0 Å². The molecule has 0 aromatic carbocycles. The molecule has 0 unspecified atom stereocenters. The lowest BCUT2D eigenvalue weighted by Crippen LogP contribution is -2.25. The Morgan fingerprint density at radius 2 is 1.68 bits per heavy atom. The van der Waals surface area contributed by atoms with Gasteiger partial charge in [-0.2, -0.15) is 0 Å². The average molecular weight is 318 g/mol. The molecule has 0 spiro atoms. The van der Waals surface area contributed by atoms with Gasteiger partial charge in [0.15, 0.2) is 0 Å². The molecule has 7 nitrogen and oxygen atoms in total. The van der Waals surface area contributed by atoms with E-state index in [9.17, 15) is 4.79 Å². The van der Waals surface area contributed by atoms with Crippen LogP contribution in [0.2, 0.25) is 0 Å². The molecule has 1 aliphatic rings. The molecule has 0 saturated carbocycles. The molecule has 0 aliphatic carbocycles. The number of aliphatic carboxylic acids is 1. The van der Waals surface area contributed by atoms with Gasteiger partial charge in [-0.25, -0.2) is 0 Å². The first-order valence-corrected chi connectivity index (χ1v) is 7.67. The van der Waals surface area contributed by atoms with E-state index < -0.39 is 5.97 Å². The van der Waals surface area contributed by atoms with Crippen molar-refractivity contribution in [3.63, 3.8) is 0 Å². The van der Waals surface area contributed by atoms with Gasteiger partial charge in [0.25, 0.3) is 0 Å². The zero-order valence-electron chi connectivity index (χ0n) is 14.0.